The van der Waals surface area contributed by atoms with E-state index in [9.17, 15) is 40.2 Å². The van der Waals surface area contributed by atoms with Crippen LogP contribution >= 0.6 is 17.9 Å². The van der Waals surface area contributed by atoms with Crippen LogP contribution in [0.1, 0.15) is 74.1 Å². The first kappa shape index (κ1) is 102. The number of benzene rings is 4. The summed E-state index contributed by atoms with van der Waals surface area (Å²) < 4.78 is 91.2. The first-order valence-corrected chi connectivity index (χ1v) is 38.7. The second-order valence-electron chi connectivity index (χ2n) is 26.3. The fourth-order valence-corrected chi connectivity index (χ4v) is 10.2. The molecule has 0 bridgehead atoms. The maximum absolute atomic E-state index is 13.0. The number of hydrogen-bond donors (Lipinski definition) is 10. The van der Waals surface area contributed by atoms with Crippen molar-refractivity contribution >= 4 is 51.3 Å². The van der Waals surface area contributed by atoms with Crippen LogP contribution in [-0.4, -0.2) is 327 Å². The van der Waals surface area contributed by atoms with E-state index in [0.29, 0.717) is 43.6 Å². The van der Waals surface area contributed by atoms with Gasteiger partial charge in [0.15, 0.2) is 0 Å². The number of esters is 2. The minimum atomic E-state index is -0.854. The maximum atomic E-state index is 13.0. The second-order valence-corrected chi connectivity index (χ2v) is 26.3. The topological polar surface area (TPSA) is 384 Å². The number of hydrogen-bond acceptors (Lipinski definition) is 28. The molecule has 4 aromatic carbocycles. The van der Waals surface area contributed by atoms with Gasteiger partial charge in [-0.25, -0.2) is 9.59 Å². The normalized spacial score (nSPS) is 13.0. The van der Waals surface area contributed by atoms with Crippen molar-refractivity contribution in [3.63, 3.8) is 0 Å². The molecule has 5 rings (SSSR count). The number of ether oxygens (including phenoxy) is 16. The molecular formula is C76H127NaO28P2. The molecule has 10 N–H and O–H groups in total. The molecule has 1 aliphatic rings. The standard InChI is InChI=1S/C44H74O16.C26H38O10.C6H12O2.Na.H3P2/c1-4-41(24-45,25-46)30-53-16-14-52-15-17-56-33-44(34-57-20-18-54-31-42(5-2,26-47)27-48,35-58-21-19-55-32-43(6-3,28-49)29-50)36-59-22-23-60-40(51)39-13-9-11-37-10-7-8-12-38(37)39;27-8-11-31-14-15-34-20-26(18-32-12-9-28,19-33-13-10-29)21-35-16-17-36-25(30)24-7-3-5-22-4-1-2-6-23(22)24;1-2-6(3-7)4-8-5-6;;1-2/h7-13,45-50H,4-6,14-36H2,1-3H3;1-7,27-29H,8-21H2;7H,2-5H2,1H3;;1H,2H2/q;;;+1;-1. The number of carbonyl (C=O) groups excluding carboxylic acids is 2. The van der Waals surface area contributed by atoms with Gasteiger partial charge in [-0.3, -0.25) is 0 Å². The van der Waals surface area contributed by atoms with Crippen molar-refractivity contribution in [2.24, 2.45) is 32.5 Å². The molecule has 0 saturated carbocycles. The average Bonchev–Trinajstić information content (AvgIpc) is 0.827. The monoisotopic (exact) mass is 1570 g/mol. The Balaban J connectivity index is 0.00000102. The van der Waals surface area contributed by atoms with E-state index in [1.54, 1.807) is 12.1 Å². The van der Waals surface area contributed by atoms with E-state index in [4.69, 9.17) is 96.2 Å². The molecule has 1 atom stereocenters. The molecule has 0 aliphatic carbocycles. The molecule has 1 saturated heterocycles. The molecule has 1 unspecified atom stereocenters. The van der Waals surface area contributed by atoms with Gasteiger partial charge in [-0.05, 0) is 59.4 Å². The minimum absolute atomic E-state index is 0. The van der Waals surface area contributed by atoms with E-state index in [-0.39, 0.29) is 273 Å². The van der Waals surface area contributed by atoms with Crippen molar-refractivity contribution in [2.45, 2.75) is 53.4 Å². The van der Waals surface area contributed by atoms with E-state index in [0.717, 1.165) is 41.2 Å². The Kier molecular flexibility index (Phi) is 59.9. The Morgan fingerprint density at radius 2 is 0.598 bits per heavy atom. The predicted molar refractivity (Wildman–Crippen MR) is 405 cm³/mol. The minimum Gasteiger partial charge on any atom is -0.533 e. The Morgan fingerprint density at radius 1 is 0.355 bits per heavy atom. The fourth-order valence-electron chi connectivity index (χ4n) is 10.2. The average molecular weight is 1570 g/mol. The molecule has 1 aliphatic heterocycles. The zero-order valence-electron chi connectivity index (χ0n) is 64.1. The number of carbonyl (C=O) groups is 2. The molecule has 31 heteroatoms. The molecule has 610 valence electrons. The van der Waals surface area contributed by atoms with Crippen molar-refractivity contribution in [3.05, 3.63) is 96.1 Å². The summed E-state index contributed by atoms with van der Waals surface area (Å²) in [6.07, 6.45) is 2.69. The first-order chi connectivity index (χ1) is 51.6. The van der Waals surface area contributed by atoms with Crippen molar-refractivity contribution in [1.82, 2.24) is 0 Å². The van der Waals surface area contributed by atoms with Gasteiger partial charge >= 0.3 is 41.5 Å². The van der Waals surface area contributed by atoms with Gasteiger partial charge in [0, 0.05) is 21.7 Å². The van der Waals surface area contributed by atoms with Crippen molar-refractivity contribution in [3.8, 4) is 0 Å². The van der Waals surface area contributed by atoms with Gasteiger partial charge in [0.25, 0.3) is 0 Å². The summed E-state index contributed by atoms with van der Waals surface area (Å²) in [4.78, 5) is 25.6. The third kappa shape index (κ3) is 39.7. The van der Waals surface area contributed by atoms with Crippen LogP contribution in [-0.2, 0) is 75.8 Å². The Labute approximate surface area is 659 Å². The molecule has 1 fully saturated rings. The summed E-state index contributed by atoms with van der Waals surface area (Å²) in [5.74, 6) is -0.886. The van der Waals surface area contributed by atoms with Crippen LogP contribution in [0.15, 0.2) is 84.9 Å². The van der Waals surface area contributed by atoms with Crippen LogP contribution in [0.2, 0.25) is 0 Å². The van der Waals surface area contributed by atoms with E-state index in [1.807, 2.05) is 93.6 Å². The van der Waals surface area contributed by atoms with E-state index < -0.39 is 39.0 Å². The second kappa shape index (κ2) is 62.7. The number of aliphatic hydroxyl groups is 10. The predicted octanol–water partition coefficient (Wildman–Crippen LogP) is 1.63. The van der Waals surface area contributed by atoms with Gasteiger partial charge in [-0.2, -0.15) is 0 Å². The Morgan fingerprint density at radius 3 is 0.841 bits per heavy atom. The van der Waals surface area contributed by atoms with Crippen LogP contribution in [0.4, 0.5) is 0 Å². The van der Waals surface area contributed by atoms with E-state index in [1.165, 1.54) is 0 Å². The van der Waals surface area contributed by atoms with Crippen LogP contribution in [0.5, 0.6) is 0 Å². The molecular weight excluding hydrogens is 1450 g/mol. The zero-order valence-corrected chi connectivity index (χ0v) is 68.2. The van der Waals surface area contributed by atoms with Gasteiger partial charge in [0.2, 0.25) is 0 Å². The van der Waals surface area contributed by atoms with Crippen molar-refractivity contribution in [2.75, 3.05) is 264 Å². The zero-order chi connectivity index (χ0) is 77.9. The largest absolute Gasteiger partial charge is 1.00 e. The van der Waals surface area contributed by atoms with E-state index >= 15 is 0 Å². The number of rotatable bonds is 62. The Hall–Kier alpha value is -2.76. The number of aliphatic hydroxyl groups excluding tert-OH is 10. The first-order valence-electron chi connectivity index (χ1n) is 36.4. The molecule has 0 spiro atoms. The molecule has 107 heavy (non-hydrogen) atoms. The van der Waals surface area contributed by atoms with Crippen LogP contribution in [0.25, 0.3) is 21.5 Å². The van der Waals surface area contributed by atoms with Gasteiger partial charge in [0.1, 0.15) is 13.2 Å². The fraction of sp³-hybridized carbons (Fsp3) is 0.711. The third-order valence-electron chi connectivity index (χ3n) is 18.2. The van der Waals surface area contributed by atoms with Crippen molar-refractivity contribution in [1.29, 1.82) is 0 Å². The number of fused-ring (bicyclic) bond motifs is 2. The van der Waals surface area contributed by atoms with Crippen LogP contribution < -0.4 is 29.6 Å². The van der Waals surface area contributed by atoms with Gasteiger partial charge < -0.3 is 145 Å². The smallest absolute Gasteiger partial charge is 0.533 e. The van der Waals surface area contributed by atoms with Crippen molar-refractivity contribution < 1.29 is 166 Å². The van der Waals surface area contributed by atoms with Crippen LogP contribution in [0, 0.1) is 32.5 Å². The van der Waals surface area contributed by atoms with Gasteiger partial charge in [0.05, 0.1) is 273 Å². The summed E-state index contributed by atoms with van der Waals surface area (Å²) >= 11 is 0. The van der Waals surface area contributed by atoms with Gasteiger partial charge in [-0.1, -0.05) is 100 Å². The van der Waals surface area contributed by atoms with Crippen LogP contribution in [0.3, 0.4) is 0 Å². The maximum Gasteiger partial charge on any atom is 1.00 e. The van der Waals surface area contributed by atoms with Gasteiger partial charge in [-0.15, -0.1) is 0 Å². The molecule has 0 aromatic heterocycles. The van der Waals surface area contributed by atoms with E-state index in [2.05, 4.69) is 24.8 Å². The molecule has 0 radical (unpaired) electrons. The Bertz CT molecular complexity index is 2710. The summed E-state index contributed by atoms with van der Waals surface area (Å²) in [5.41, 5.74) is -2.65. The molecule has 1 heterocycles. The molecule has 0 amide bonds. The summed E-state index contributed by atoms with van der Waals surface area (Å²) in [6, 6.07) is 26.1. The summed E-state index contributed by atoms with van der Waals surface area (Å²) in [7, 11) is 5.11. The third-order valence-corrected chi connectivity index (χ3v) is 18.2. The summed E-state index contributed by atoms with van der Waals surface area (Å²) in [5, 5.41) is 97.6. The SMILES string of the molecule is CCC(CO)(CO)COCCOCCOCC(COCCOCC(CC)(CO)CO)(COCCOCC(CC)(CO)CO)COCCOC(=O)c1cccc2ccccc12.CCC1(CO)COC1.O=C(OCCOCC(COCCO)(COCCO)COCCOCCO)c1cccc2ccccc12.[Na+].[PH-]P. The summed E-state index contributed by atoms with van der Waals surface area (Å²) in [6.45, 7) is 13.1. The molecule has 28 nitrogen and oxygen atoms in total. The quantitative estimate of drug-likeness (QED) is 0.0130. The molecule has 4 aromatic rings.